The number of hydrogen-bond acceptors (Lipinski definition) is 5. The molecule has 28 heavy (non-hydrogen) atoms. The molecule has 4 rings (SSSR count). The van der Waals surface area contributed by atoms with Crippen LogP contribution in [0.15, 0.2) is 54.7 Å². The van der Waals surface area contributed by atoms with E-state index in [1.165, 1.54) is 0 Å². The van der Waals surface area contributed by atoms with Crippen LogP contribution in [0.1, 0.15) is 22.5 Å². The number of carbonyl (C=O) groups excluding carboxylic acids is 1. The molecule has 0 bridgehead atoms. The lowest BCUT2D eigenvalue weighted by Crippen LogP contribution is -2.25. The number of aromatic nitrogens is 6. The van der Waals surface area contributed by atoms with E-state index in [2.05, 4.69) is 25.9 Å². The van der Waals surface area contributed by atoms with Crippen molar-refractivity contribution in [3.8, 4) is 0 Å². The Morgan fingerprint density at radius 1 is 1.04 bits per heavy atom. The van der Waals surface area contributed by atoms with E-state index in [0.29, 0.717) is 24.7 Å². The molecule has 0 unspecified atom stereocenters. The highest BCUT2D eigenvalue weighted by atomic mass is 35.5. The molecule has 4 aromatic rings. The first-order valence-electron chi connectivity index (χ1n) is 8.91. The van der Waals surface area contributed by atoms with Crippen molar-refractivity contribution in [1.82, 2.24) is 35.3 Å². The van der Waals surface area contributed by atoms with Crippen molar-refractivity contribution in [3.63, 3.8) is 0 Å². The minimum absolute atomic E-state index is 0.256. The van der Waals surface area contributed by atoms with E-state index in [1.807, 2.05) is 53.2 Å². The summed E-state index contributed by atoms with van der Waals surface area (Å²) in [7, 11) is 0. The first-order valence-corrected chi connectivity index (χ1v) is 9.28. The fourth-order valence-electron chi connectivity index (χ4n) is 2.88. The van der Waals surface area contributed by atoms with Gasteiger partial charge in [0.2, 0.25) is 0 Å². The largest absolute Gasteiger partial charge is 0.351 e. The predicted molar refractivity (Wildman–Crippen MR) is 105 cm³/mol. The summed E-state index contributed by atoms with van der Waals surface area (Å²) in [5, 5.41) is 19.7. The van der Waals surface area contributed by atoms with Gasteiger partial charge in [0, 0.05) is 18.1 Å². The van der Waals surface area contributed by atoms with Crippen molar-refractivity contribution in [3.05, 3.63) is 71.0 Å². The van der Waals surface area contributed by atoms with Crippen molar-refractivity contribution in [2.24, 2.45) is 0 Å². The Bertz CT molecular complexity index is 1100. The van der Waals surface area contributed by atoms with Gasteiger partial charge in [-0.1, -0.05) is 52.4 Å². The zero-order chi connectivity index (χ0) is 19.3. The van der Waals surface area contributed by atoms with Crippen molar-refractivity contribution >= 4 is 28.5 Å². The Kier molecular flexibility index (Phi) is 5.29. The van der Waals surface area contributed by atoms with Crippen molar-refractivity contribution in [2.45, 2.75) is 19.5 Å². The van der Waals surface area contributed by atoms with Gasteiger partial charge in [-0.3, -0.25) is 4.79 Å². The second-order valence-electron chi connectivity index (χ2n) is 6.30. The third-order valence-corrected chi connectivity index (χ3v) is 4.68. The van der Waals surface area contributed by atoms with E-state index in [9.17, 15) is 4.79 Å². The minimum atomic E-state index is -0.256. The first-order chi connectivity index (χ1) is 13.7. The molecule has 0 atom stereocenters. The zero-order valence-corrected chi connectivity index (χ0v) is 15.8. The van der Waals surface area contributed by atoms with Gasteiger partial charge in [0.1, 0.15) is 5.52 Å². The number of fused-ring (bicyclic) bond motifs is 1. The Hall–Kier alpha value is -3.26. The number of aryl methyl sites for hydroxylation is 1. The molecule has 0 aliphatic rings. The van der Waals surface area contributed by atoms with Gasteiger partial charge in [0.25, 0.3) is 5.91 Å². The molecule has 2 aromatic heterocycles. The van der Waals surface area contributed by atoms with Gasteiger partial charge in [0.05, 0.1) is 18.3 Å². The number of para-hydroxylation sites is 1. The van der Waals surface area contributed by atoms with Crippen molar-refractivity contribution in [1.29, 1.82) is 0 Å². The topological polar surface area (TPSA) is 90.5 Å². The van der Waals surface area contributed by atoms with E-state index in [1.54, 1.807) is 10.9 Å². The third kappa shape index (κ3) is 4.01. The highest BCUT2D eigenvalue weighted by Gasteiger charge is 2.11. The van der Waals surface area contributed by atoms with Gasteiger partial charge >= 0.3 is 0 Å². The highest BCUT2D eigenvalue weighted by molar-refractivity contribution is 6.31. The molecule has 0 aliphatic carbocycles. The molecule has 142 valence electrons. The molecule has 0 fully saturated rings. The summed E-state index contributed by atoms with van der Waals surface area (Å²) < 4.78 is 3.43. The maximum atomic E-state index is 12.3. The summed E-state index contributed by atoms with van der Waals surface area (Å²) >= 11 is 6.15. The van der Waals surface area contributed by atoms with Gasteiger partial charge in [-0.25, -0.2) is 9.36 Å². The average Bonchev–Trinajstić information content (AvgIpc) is 3.34. The van der Waals surface area contributed by atoms with Gasteiger partial charge < -0.3 is 5.32 Å². The predicted octanol–water partition coefficient (Wildman–Crippen LogP) is 2.54. The van der Waals surface area contributed by atoms with E-state index < -0.39 is 0 Å². The summed E-state index contributed by atoms with van der Waals surface area (Å²) in [6.45, 7) is 1.63. The smallest absolute Gasteiger partial charge is 0.273 e. The molecule has 0 spiro atoms. The molecule has 0 radical (unpaired) electrons. The van der Waals surface area contributed by atoms with Crippen molar-refractivity contribution < 1.29 is 4.79 Å². The van der Waals surface area contributed by atoms with E-state index in [0.717, 1.165) is 23.0 Å². The number of rotatable bonds is 7. The molecule has 1 amide bonds. The van der Waals surface area contributed by atoms with E-state index in [4.69, 9.17) is 11.6 Å². The maximum absolute atomic E-state index is 12.3. The Morgan fingerprint density at radius 2 is 1.86 bits per heavy atom. The second kappa shape index (κ2) is 8.18. The van der Waals surface area contributed by atoms with Gasteiger partial charge in [-0.05, 0) is 30.2 Å². The Morgan fingerprint density at radius 3 is 2.75 bits per heavy atom. The molecular formula is C19H18ClN7O. The number of benzene rings is 2. The molecule has 0 saturated heterocycles. The highest BCUT2D eigenvalue weighted by Crippen LogP contribution is 2.15. The normalized spacial score (nSPS) is 11.0. The molecule has 8 nitrogen and oxygen atoms in total. The van der Waals surface area contributed by atoms with Crippen LogP contribution in [0.25, 0.3) is 11.0 Å². The summed E-state index contributed by atoms with van der Waals surface area (Å²) in [6, 6.07) is 15.3. The maximum Gasteiger partial charge on any atom is 0.273 e. The number of nitrogens with one attached hydrogen (secondary N) is 1. The van der Waals surface area contributed by atoms with Crippen LogP contribution < -0.4 is 5.32 Å². The third-order valence-electron chi connectivity index (χ3n) is 4.31. The summed E-state index contributed by atoms with van der Waals surface area (Å²) in [6.07, 6.45) is 2.34. The van der Waals surface area contributed by atoms with Crippen LogP contribution in [0.2, 0.25) is 5.02 Å². The van der Waals surface area contributed by atoms with Crippen LogP contribution in [0.5, 0.6) is 0 Å². The number of halogens is 1. The molecule has 0 aliphatic heterocycles. The second-order valence-corrected chi connectivity index (χ2v) is 6.71. The lowest BCUT2D eigenvalue weighted by atomic mass is 10.2. The van der Waals surface area contributed by atoms with E-state index >= 15 is 0 Å². The van der Waals surface area contributed by atoms with Crippen LogP contribution in [-0.4, -0.2) is 42.4 Å². The minimum Gasteiger partial charge on any atom is -0.351 e. The number of hydrogen-bond donors (Lipinski definition) is 1. The van der Waals surface area contributed by atoms with Crippen molar-refractivity contribution in [2.75, 3.05) is 6.54 Å². The van der Waals surface area contributed by atoms with Crippen LogP contribution >= 0.6 is 11.6 Å². The van der Waals surface area contributed by atoms with Crippen LogP contribution in [0.3, 0.4) is 0 Å². The van der Waals surface area contributed by atoms with Crippen LogP contribution in [0, 0.1) is 0 Å². The van der Waals surface area contributed by atoms with Crippen LogP contribution in [0.4, 0.5) is 0 Å². The molecule has 9 heteroatoms. The van der Waals surface area contributed by atoms with Gasteiger partial charge in [0.15, 0.2) is 5.69 Å². The van der Waals surface area contributed by atoms with Crippen LogP contribution in [-0.2, 0) is 13.1 Å². The van der Waals surface area contributed by atoms with E-state index in [-0.39, 0.29) is 11.6 Å². The lowest BCUT2D eigenvalue weighted by Gasteiger charge is -2.04. The molecule has 1 N–H and O–H groups in total. The SMILES string of the molecule is O=C(NCCCn1nnc2ccccc21)c1cn(Cc2ccccc2Cl)nn1. The molecule has 0 saturated carbocycles. The van der Waals surface area contributed by atoms with Gasteiger partial charge in [-0.2, -0.15) is 0 Å². The molecule has 2 aromatic carbocycles. The fraction of sp³-hybridized carbons (Fsp3) is 0.211. The standard InChI is InChI=1S/C19H18ClN7O/c20-15-7-2-1-6-14(15)12-26-13-17(23-24-26)19(28)21-10-5-11-27-18-9-4-3-8-16(18)22-25-27/h1-4,6-9,13H,5,10-12H2,(H,21,28). The molecule has 2 heterocycles. The fourth-order valence-corrected chi connectivity index (χ4v) is 3.08. The monoisotopic (exact) mass is 395 g/mol. The average molecular weight is 396 g/mol. The summed E-state index contributed by atoms with van der Waals surface area (Å²) in [5.74, 6) is -0.256. The lowest BCUT2D eigenvalue weighted by molar-refractivity contribution is 0.0947. The number of nitrogens with zero attached hydrogens (tertiary/aromatic N) is 6. The Balaban J connectivity index is 1.28. The Labute approximate surface area is 166 Å². The number of amides is 1. The zero-order valence-electron chi connectivity index (χ0n) is 15.0. The molecular weight excluding hydrogens is 378 g/mol. The first kappa shape index (κ1) is 18.1. The summed E-state index contributed by atoms with van der Waals surface area (Å²) in [5.41, 5.74) is 3.04. The van der Waals surface area contributed by atoms with Gasteiger partial charge in [-0.15, -0.1) is 10.2 Å². The summed E-state index contributed by atoms with van der Waals surface area (Å²) in [4.78, 5) is 12.3. The number of carbonyl (C=O) groups is 1. The quantitative estimate of drug-likeness (QED) is 0.485.